The number of piperidine rings is 1. The van der Waals surface area contributed by atoms with Gasteiger partial charge in [-0.1, -0.05) is 6.07 Å². The Hall–Kier alpha value is -2.21. The van der Waals surface area contributed by atoms with Crippen molar-refractivity contribution in [3.05, 3.63) is 48.0 Å². The summed E-state index contributed by atoms with van der Waals surface area (Å²) in [5, 5.41) is 4.25. The van der Waals surface area contributed by atoms with Crippen molar-refractivity contribution < 1.29 is 9.53 Å². The van der Waals surface area contributed by atoms with Crippen LogP contribution in [0.3, 0.4) is 0 Å². The molecule has 1 saturated heterocycles. The highest BCUT2D eigenvalue weighted by Crippen LogP contribution is 2.18. The number of pyridine rings is 1. The average molecular weight is 328 g/mol. The first-order valence-electron chi connectivity index (χ1n) is 8.47. The molecule has 0 unspecified atom stereocenters. The normalized spacial score (nSPS) is 15.9. The van der Waals surface area contributed by atoms with Gasteiger partial charge in [0, 0.05) is 37.7 Å². The van der Waals surface area contributed by atoms with Crippen molar-refractivity contribution >= 4 is 5.91 Å². The van der Waals surface area contributed by atoms with Gasteiger partial charge >= 0.3 is 0 Å². The van der Waals surface area contributed by atoms with Gasteiger partial charge in [-0.3, -0.25) is 14.5 Å². The standard InChI is InChI=1S/C18H24N4O2/c1-14(2)22-12-16(11-20-22)18(23)21-8-5-17(6-9-21)24-13-15-4-3-7-19-10-15/h3-4,7,10-12,14,17H,5-6,8-9,13H2,1-2H3. The Bertz CT molecular complexity index is 661. The quantitative estimate of drug-likeness (QED) is 0.847. The maximum Gasteiger partial charge on any atom is 0.257 e. The molecule has 3 rings (SSSR count). The number of amides is 1. The molecule has 3 heterocycles. The molecule has 24 heavy (non-hydrogen) atoms. The molecule has 2 aromatic rings. The van der Waals surface area contributed by atoms with Crippen molar-refractivity contribution in [3.63, 3.8) is 0 Å². The highest BCUT2D eigenvalue weighted by molar-refractivity contribution is 5.93. The SMILES string of the molecule is CC(C)n1cc(C(=O)N2CCC(OCc3cccnc3)CC2)cn1. The van der Waals surface area contributed by atoms with E-state index >= 15 is 0 Å². The first-order valence-corrected chi connectivity index (χ1v) is 8.47. The molecule has 2 aromatic heterocycles. The lowest BCUT2D eigenvalue weighted by Crippen LogP contribution is -2.40. The van der Waals surface area contributed by atoms with Gasteiger partial charge in [-0.15, -0.1) is 0 Å². The number of rotatable bonds is 5. The van der Waals surface area contributed by atoms with Crippen LogP contribution in [-0.4, -0.2) is 44.8 Å². The molecule has 0 aliphatic carbocycles. The van der Waals surface area contributed by atoms with E-state index in [1.807, 2.05) is 48.0 Å². The minimum atomic E-state index is 0.0626. The van der Waals surface area contributed by atoms with Crippen LogP contribution in [-0.2, 0) is 11.3 Å². The van der Waals surface area contributed by atoms with Gasteiger partial charge in [0.2, 0.25) is 0 Å². The molecule has 0 saturated carbocycles. The highest BCUT2D eigenvalue weighted by atomic mass is 16.5. The largest absolute Gasteiger partial charge is 0.373 e. The van der Waals surface area contributed by atoms with E-state index in [1.165, 1.54) is 0 Å². The molecule has 1 aliphatic rings. The van der Waals surface area contributed by atoms with E-state index in [1.54, 1.807) is 12.4 Å². The summed E-state index contributed by atoms with van der Waals surface area (Å²) in [7, 11) is 0. The van der Waals surface area contributed by atoms with Crippen LogP contribution >= 0.6 is 0 Å². The summed E-state index contributed by atoms with van der Waals surface area (Å²) in [6.45, 7) is 6.12. The molecule has 128 valence electrons. The zero-order valence-electron chi connectivity index (χ0n) is 14.3. The summed E-state index contributed by atoms with van der Waals surface area (Å²) in [4.78, 5) is 18.5. The number of nitrogens with zero attached hydrogens (tertiary/aromatic N) is 4. The molecule has 0 atom stereocenters. The molecule has 0 aromatic carbocycles. The van der Waals surface area contributed by atoms with Crippen LogP contribution in [0.4, 0.5) is 0 Å². The second-order valence-electron chi connectivity index (χ2n) is 6.47. The van der Waals surface area contributed by atoms with E-state index in [2.05, 4.69) is 10.1 Å². The number of aromatic nitrogens is 3. The third kappa shape index (κ3) is 4.00. The van der Waals surface area contributed by atoms with Gasteiger partial charge in [-0.25, -0.2) is 0 Å². The Morgan fingerprint density at radius 2 is 2.12 bits per heavy atom. The zero-order chi connectivity index (χ0) is 16.9. The summed E-state index contributed by atoms with van der Waals surface area (Å²) < 4.78 is 7.76. The Kier molecular flexibility index (Phi) is 5.25. The zero-order valence-corrected chi connectivity index (χ0v) is 14.3. The average Bonchev–Trinajstić information content (AvgIpc) is 3.11. The number of hydrogen-bond acceptors (Lipinski definition) is 4. The molecule has 1 aliphatic heterocycles. The van der Waals surface area contributed by atoms with Crippen molar-refractivity contribution in [1.29, 1.82) is 0 Å². The molecule has 0 radical (unpaired) electrons. The fraction of sp³-hybridized carbons (Fsp3) is 0.500. The molecule has 6 heteroatoms. The fourth-order valence-electron chi connectivity index (χ4n) is 2.84. The molecule has 6 nitrogen and oxygen atoms in total. The Balaban J connectivity index is 1.48. The van der Waals surface area contributed by atoms with E-state index in [-0.39, 0.29) is 18.1 Å². The van der Waals surface area contributed by atoms with Gasteiger partial charge in [0.05, 0.1) is 24.5 Å². The minimum Gasteiger partial charge on any atom is -0.373 e. The van der Waals surface area contributed by atoms with E-state index in [0.29, 0.717) is 12.2 Å². The summed E-state index contributed by atoms with van der Waals surface area (Å²) >= 11 is 0. The van der Waals surface area contributed by atoms with Crippen LogP contribution in [0.2, 0.25) is 0 Å². The first-order chi connectivity index (χ1) is 11.6. The topological polar surface area (TPSA) is 60.2 Å². The van der Waals surface area contributed by atoms with Gasteiger partial charge < -0.3 is 9.64 Å². The van der Waals surface area contributed by atoms with Crippen LogP contribution < -0.4 is 0 Å². The number of carbonyl (C=O) groups excluding carboxylic acids is 1. The minimum absolute atomic E-state index is 0.0626. The van der Waals surface area contributed by atoms with Crippen LogP contribution in [0.1, 0.15) is 48.7 Å². The summed E-state index contributed by atoms with van der Waals surface area (Å²) in [6, 6.07) is 4.19. The van der Waals surface area contributed by atoms with Gasteiger partial charge in [0.25, 0.3) is 5.91 Å². The van der Waals surface area contributed by atoms with E-state index in [0.717, 1.165) is 31.5 Å². The Morgan fingerprint density at radius 1 is 1.33 bits per heavy atom. The number of ether oxygens (including phenoxy) is 1. The van der Waals surface area contributed by atoms with E-state index in [9.17, 15) is 4.79 Å². The Morgan fingerprint density at radius 3 is 2.75 bits per heavy atom. The smallest absolute Gasteiger partial charge is 0.257 e. The lowest BCUT2D eigenvalue weighted by Gasteiger charge is -2.31. The predicted molar refractivity (Wildman–Crippen MR) is 90.6 cm³/mol. The predicted octanol–water partition coefficient (Wildman–Crippen LogP) is 2.68. The van der Waals surface area contributed by atoms with Crippen molar-refractivity contribution in [1.82, 2.24) is 19.7 Å². The second kappa shape index (κ2) is 7.57. The number of likely N-dealkylation sites (tertiary alicyclic amines) is 1. The van der Waals surface area contributed by atoms with Crippen molar-refractivity contribution in [2.45, 2.75) is 45.4 Å². The monoisotopic (exact) mass is 328 g/mol. The van der Waals surface area contributed by atoms with Crippen molar-refractivity contribution in [2.24, 2.45) is 0 Å². The summed E-state index contributed by atoms with van der Waals surface area (Å²) in [5.41, 5.74) is 1.75. The molecule has 1 fully saturated rings. The van der Waals surface area contributed by atoms with Crippen LogP contribution in [0, 0.1) is 0 Å². The van der Waals surface area contributed by atoms with E-state index < -0.39 is 0 Å². The van der Waals surface area contributed by atoms with Crippen LogP contribution in [0.25, 0.3) is 0 Å². The highest BCUT2D eigenvalue weighted by Gasteiger charge is 2.25. The first kappa shape index (κ1) is 16.6. The number of carbonyl (C=O) groups is 1. The third-order valence-electron chi connectivity index (χ3n) is 4.32. The van der Waals surface area contributed by atoms with Crippen molar-refractivity contribution in [3.8, 4) is 0 Å². The number of hydrogen-bond donors (Lipinski definition) is 0. The maximum atomic E-state index is 12.5. The fourth-order valence-corrected chi connectivity index (χ4v) is 2.84. The third-order valence-corrected chi connectivity index (χ3v) is 4.32. The maximum absolute atomic E-state index is 12.5. The van der Waals surface area contributed by atoms with Gasteiger partial charge in [-0.2, -0.15) is 5.10 Å². The lowest BCUT2D eigenvalue weighted by molar-refractivity contribution is -0.000470. The van der Waals surface area contributed by atoms with Gasteiger partial charge in [-0.05, 0) is 38.3 Å². The molecule has 1 amide bonds. The Labute approximate surface area is 142 Å². The van der Waals surface area contributed by atoms with Gasteiger partial charge in [0.1, 0.15) is 0 Å². The van der Waals surface area contributed by atoms with Gasteiger partial charge in [0.15, 0.2) is 0 Å². The molecule has 0 spiro atoms. The summed E-state index contributed by atoms with van der Waals surface area (Å²) in [5.74, 6) is 0.0626. The molecule has 0 N–H and O–H groups in total. The lowest BCUT2D eigenvalue weighted by atomic mass is 10.1. The van der Waals surface area contributed by atoms with E-state index in [4.69, 9.17) is 4.74 Å². The van der Waals surface area contributed by atoms with Crippen LogP contribution in [0.5, 0.6) is 0 Å². The molecule has 0 bridgehead atoms. The molecular weight excluding hydrogens is 304 g/mol. The van der Waals surface area contributed by atoms with Crippen LogP contribution in [0.15, 0.2) is 36.9 Å². The van der Waals surface area contributed by atoms with Crippen molar-refractivity contribution in [2.75, 3.05) is 13.1 Å². The summed E-state index contributed by atoms with van der Waals surface area (Å²) in [6.07, 6.45) is 9.01. The second-order valence-corrected chi connectivity index (χ2v) is 6.47. The molecular formula is C18H24N4O2.